The standard InChI is InChI=1S/C20H28Cl2N2S/c1-5-7-11-23-19-24(12-8-6-2)18(14-25-19)20(3,4)15-9-10-16(21)17(22)13-15/h9-10,13-14H,5-8,11-12H2,1-4H3. The summed E-state index contributed by atoms with van der Waals surface area (Å²) < 4.78 is 2.40. The number of thiazole rings is 1. The predicted octanol–water partition coefficient (Wildman–Crippen LogP) is 6.68. The Bertz CT molecular complexity index is 759. The van der Waals surface area contributed by atoms with Gasteiger partial charge in [0.15, 0.2) is 4.80 Å². The third kappa shape index (κ3) is 4.90. The first-order valence-electron chi connectivity index (χ1n) is 9.06. The fourth-order valence-corrected chi connectivity index (χ4v) is 4.26. The van der Waals surface area contributed by atoms with Gasteiger partial charge in [0, 0.05) is 29.6 Å². The molecule has 25 heavy (non-hydrogen) atoms. The molecular weight excluding hydrogens is 371 g/mol. The minimum absolute atomic E-state index is 0.156. The van der Waals surface area contributed by atoms with Gasteiger partial charge in [-0.15, -0.1) is 11.3 Å². The lowest BCUT2D eigenvalue weighted by Gasteiger charge is -2.27. The Morgan fingerprint density at radius 1 is 1.08 bits per heavy atom. The van der Waals surface area contributed by atoms with Gasteiger partial charge in [-0.1, -0.05) is 69.8 Å². The van der Waals surface area contributed by atoms with Gasteiger partial charge in [-0.2, -0.15) is 0 Å². The van der Waals surface area contributed by atoms with Crippen LogP contribution >= 0.6 is 34.5 Å². The summed E-state index contributed by atoms with van der Waals surface area (Å²) in [6.07, 6.45) is 4.63. The number of hydrogen-bond acceptors (Lipinski definition) is 2. The van der Waals surface area contributed by atoms with E-state index in [2.05, 4.69) is 43.7 Å². The monoisotopic (exact) mass is 398 g/mol. The number of rotatable bonds is 8. The molecule has 0 unspecified atom stereocenters. The normalized spacial score (nSPS) is 12.8. The molecular formula is C20H28Cl2N2S. The third-order valence-electron chi connectivity index (χ3n) is 4.57. The van der Waals surface area contributed by atoms with Crippen molar-refractivity contribution in [1.82, 2.24) is 4.57 Å². The van der Waals surface area contributed by atoms with Gasteiger partial charge in [0.05, 0.1) is 10.0 Å². The average Bonchev–Trinajstić information content (AvgIpc) is 2.99. The Hall–Kier alpha value is -0.770. The Morgan fingerprint density at radius 3 is 2.44 bits per heavy atom. The highest BCUT2D eigenvalue weighted by Crippen LogP contribution is 2.35. The van der Waals surface area contributed by atoms with Crippen molar-refractivity contribution in [1.29, 1.82) is 0 Å². The Labute approximate surface area is 165 Å². The number of nitrogens with zero attached hydrogens (tertiary/aromatic N) is 2. The molecule has 1 aromatic carbocycles. The molecule has 0 radical (unpaired) electrons. The van der Waals surface area contributed by atoms with Crippen molar-refractivity contribution in [3.63, 3.8) is 0 Å². The fraction of sp³-hybridized carbons (Fsp3) is 0.550. The van der Waals surface area contributed by atoms with Crippen LogP contribution in [0, 0.1) is 0 Å². The molecule has 138 valence electrons. The lowest BCUT2D eigenvalue weighted by atomic mass is 9.82. The van der Waals surface area contributed by atoms with E-state index in [9.17, 15) is 0 Å². The van der Waals surface area contributed by atoms with Gasteiger partial charge in [0.2, 0.25) is 0 Å². The first-order valence-corrected chi connectivity index (χ1v) is 10.7. The Balaban J connectivity index is 2.48. The van der Waals surface area contributed by atoms with Crippen molar-refractivity contribution < 1.29 is 0 Å². The topological polar surface area (TPSA) is 17.3 Å². The van der Waals surface area contributed by atoms with Crippen LogP contribution in [0.2, 0.25) is 10.0 Å². The van der Waals surface area contributed by atoms with E-state index in [1.165, 1.54) is 24.1 Å². The van der Waals surface area contributed by atoms with Crippen molar-refractivity contribution in [2.45, 2.75) is 65.3 Å². The van der Waals surface area contributed by atoms with Gasteiger partial charge in [-0.05, 0) is 30.5 Å². The van der Waals surface area contributed by atoms with Crippen LogP contribution in [0.25, 0.3) is 0 Å². The van der Waals surface area contributed by atoms with Crippen LogP contribution in [-0.2, 0) is 12.0 Å². The van der Waals surface area contributed by atoms with Crippen LogP contribution in [0.15, 0.2) is 28.6 Å². The highest BCUT2D eigenvalue weighted by molar-refractivity contribution is 7.07. The molecule has 0 spiro atoms. The molecule has 0 aliphatic heterocycles. The van der Waals surface area contributed by atoms with Crippen LogP contribution < -0.4 is 4.80 Å². The lowest BCUT2D eigenvalue weighted by Crippen LogP contribution is -2.28. The molecule has 2 nitrogen and oxygen atoms in total. The van der Waals surface area contributed by atoms with Gasteiger partial charge in [-0.3, -0.25) is 4.99 Å². The summed E-state index contributed by atoms with van der Waals surface area (Å²) in [6.45, 7) is 10.8. The second-order valence-corrected chi connectivity index (χ2v) is 8.55. The molecule has 1 aromatic heterocycles. The predicted molar refractivity (Wildman–Crippen MR) is 111 cm³/mol. The molecule has 1 heterocycles. The molecule has 5 heteroatoms. The van der Waals surface area contributed by atoms with E-state index in [0.717, 1.165) is 30.7 Å². The van der Waals surface area contributed by atoms with Gasteiger partial charge in [0.25, 0.3) is 0 Å². The first-order chi connectivity index (χ1) is 11.9. The smallest absolute Gasteiger partial charge is 0.184 e. The average molecular weight is 399 g/mol. The zero-order chi connectivity index (χ0) is 18.4. The molecule has 0 atom stereocenters. The van der Waals surface area contributed by atoms with Crippen LogP contribution in [0.1, 0.15) is 64.6 Å². The van der Waals surface area contributed by atoms with Gasteiger partial charge >= 0.3 is 0 Å². The zero-order valence-corrected chi connectivity index (χ0v) is 17.9. The quantitative estimate of drug-likeness (QED) is 0.441. The zero-order valence-electron chi connectivity index (χ0n) is 15.6. The maximum Gasteiger partial charge on any atom is 0.184 e. The number of benzene rings is 1. The van der Waals surface area contributed by atoms with Crippen molar-refractivity contribution in [3.8, 4) is 0 Å². The highest BCUT2D eigenvalue weighted by atomic mass is 35.5. The van der Waals surface area contributed by atoms with Crippen molar-refractivity contribution in [2.75, 3.05) is 6.54 Å². The van der Waals surface area contributed by atoms with E-state index in [1.807, 2.05) is 12.1 Å². The highest BCUT2D eigenvalue weighted by Gasteiger charge is 2.28. The van der Waals surface area contributed by atoms with Crippen molar-refractivity contribution >= 4 is 34.5 Å². The number of unbranched alkanes of at least 4 members (excludes halogenated alkanes) is 2. The molecule has 0 fully saturated rings. The SMILES string of the molecule is CCCCN=c1scc(C(C)(C)c2ccc(Cl)c(Cl)c2)n1CCCC. The van der Waals surface area contributed by atoms with Crippen LogP contribution in [0.3, 0.4) is 0 Å². The van der Waals surface area contributed by atoms with Crippen molar-refractivity contribution in [3.05, 3.63) is 49.7 Å². The Kier molecular flexibility index (Phi) is 7.60. The van der Waals surface area contributed by atoms with Gasteiger partial charge in [0.1, 0.15) is 0 Å². The van der Waals surface area contributed by atoms with E-state index in [0.29, 0.717) is 10.0 Å². The van der Waals surface area contributed by atoms with Crippen LogP contribution in [0.4, 0.5) is 0 Å². The molecule has 0 aliphatic rings. The van der Waals surface area contributed by atoms with E-state index in [4.69, 9.17) is 28.2 Å². The van der Waals surface area contributed by atoms with Crippen molar-refractivity contribution in [2.24, 2.45) is 4.99 Å². The molecule has 0 bridgehead atoms. The van der Waals surface area contributed by atoms with E-state index < -0.39 is 0 Å². The second-order valence-electron chi connectivity index (χ2n) is 6.90. The number of hydrogen-bond donors (Lipinski definition) is 0. The molecule has 0 saturated carbocycles. The number of aromatic nitrogens is 1. The fourth-order valence-electron chi connectivity index (χ4n) is 2.84. The molecule has 2 aromatic rings. The van der Waals surface area contributed by atoms with E-state index in [-0.39, 0.29) is 5.41 Å². The molecule has 0 aliphatic carbocycles. The van der Waals surface area contributed by atoms with Gasteiger partial charge in [-0.25, -0.2) is 0 Å². The Morgan fingerprint density at radius 2 is 1.80 bits per heavy atom. The summed E-state index contributed by atoms with van der Waals surface area (Å²) in [7, 11) is 0. The van der Waals surface area contributed by atoms with Gasteiger partial charge < -0.3 is 4.57 Å². The third-order valence-corrected chi connectivity index (χ3v) is 6.21. The first kappa shape index (κ1) is 20.5. The summed E-state index contributed by atoms with van der Waals surface area (Å²) in [4.78, 5) is 5.97. The lowest BCUT2D eigenvalue weighted by molar-refractivity contribution is 0.519. The maximum absolute atomic E-state index is 6.27. The largest absolute Gasteiger partial charge is 0.320 e. The summed E-state index contributed by atoms with van der Waals surface area (Å²) in [5.41, 5.74) is 2.31. The van der Waals surface area contributed by atoms with E-state index >= 15 is 0 Å². The van der Waals surface area contributed by atoms with Crippen LogP contribution in [-0.4, -0.2) is 11.1 Å². The summed E-state index contributed by atoms with van der Waals surface area (Å²) in [6, 6.07) is 5.94. The van der Waals surface area contributed by atoms with Crippen LogP contribution in [0.5, 0.6) is 0 Å². The molecule has 0 amide bonds. The molecule has 2 rings (SSSR count). The summed E-state index contributed by atoms with van der Waals surface area (Å²) in [5, 5.41) is 3.46. The number of halogens is 2. The maximum atomic E-state index is 6.27. The summed E-state index contributed by atoms with van der Waals surface area (Å²) >= 11 is 14.1. The molecule has 0 saturated heterocycles. The summed E-state index contributed by atoms with van der Waals surface area (Å²) in [5.74, 6) is 0. The molecule has 0 N–H and O–H groups in total. The minimum atomic E-state index is -0.156. The second kappa shape index (κ2) is 9.25. The van der Waals surface area contributed by atoms with E-state index in [1.54, 1.807) is 11.3 Å². The minimum Gasteiger partial charge on any atom is -0.320 e.